The number of hydrogen-bond acceptors (Lipinski definition) is 9. The summed E-state index contributed by atoms with van der Waals surface area (Å²) < 4.78 is 23.8. The molecule has 2 heterocycles. The van der Waals surface area contributed by atoms with Gasteiger partial charge in [0.15, 0.2) is 16.6 Å². The first kappa shape index (κ1) is 30.9. The van der Waals surface area contributed by atoms with Gasteiger partial charge in [-0.2, -0.15) is 0 Å². The first-order valence-electron chi connectivity index (χ1n) is 14.8. The third-order valence-corrected chi connectivity index (χ3v) is 8.17. The van der Waals surface area contributed by atoms with Gasteiger partial charge in [-0.25, -0.2) is 4.98 Å². The minimum atomic E-state index is -0.985. The summed E-state index contributed by atoms with van der Waals surface area (Å²) in [5, 5.41) is 12.0. The summed E-state index contributed by atoms with van der Waals surface area (Å²) in [6.45, 7) is 7.52. The van der Waals surface area contributed by atoms with E-state index in [2.05, 4.69) is 6.92 Å². The molecule has 1 atom stereocenters. The molecule has 1 saturated heterocycles. The molecule has 4 aromatic rings. The Balaban J connectivity index is 1.66. The van der Waals surface area contributed by atoms with Crippen molar-refractivity contribution < 1.29 is 33.6 Å². The van der Waals surface area contributed by atoms with E-state index in [-0.39, 0.29) is 11.3 Å². The van der Waals surface area contributed by atoms with Gasteiger partial charge in [-0.05, 0) is 67.8 Å². The molecule has 44 heavy (non-hydrogen) atoms. The lowest BCUT2D eigenvalue weighted by Crippen LogP contribution is -2.29. The van der Waals surface area contributed by atoms with Crippen molar-refractivity contribution in [2.24, 2.45) is 0 Å². The van der Waals surface area contributed by atoms with Gasteiger partial charge in [0.2, 0.25) is 0 Å². The first-order chi connectivity index (χ1) is 21.4. The van der Waals surface area contributed by atoms with Crippen LogP contribution in [0.1, 0.15) is 57.2 Å². The van der Waals surface area contributed by atoms with E-state index >= 15 is 0 Å². The molecule has 0 saturated carbocycles. The summed E-state index contributed by atoms with van der Waals surface area (Å²) in [5.41, 5.74) is 1.52. The van der Waals surface area contributed by atoms with Crippen LogP contribution in [-0.2, 0) is 9.59 Å². The molecule has 1 unspecified atom stereocenters. The van der Waals surface area contributed by atoms with Crippen LogP contribution in [0.5, 0.6) is 23.0 Å². The second kappa shape index (κ2) is 13.8. The molecule has 1 aliphatic rings. The van der Waals surface area contributed by atoms with E-state index in [9.17, 15) is 14.7 Å². The number of hydrogen-bond donors (Lipinski definition) is 1. The third kappa shape index (κ3) is 6.21. The number of ether oxygens (including phenoxy) is 4. The summed E-state index contributed by atoms with van der Waals surface area (Å²) in [6, 6.07) is 16.6. The fraction of sp³-hybridized carbons (Fsp3) is 0.324. The van der Waals surface area contributed by atoms with Gasteiger partial charge in [0.1, 0.15) is 17.3 Å². The van der Waals surface area contributed by atoms with E-state index < -0.39 is 17.7 Å². The molecule has 0 aliphatic carbocycles. The maximum Gasteiger partial charge on any atom is 0.301 e. The molecule has 1 aromatic heterocycles. The average molecular weight is 617 g/mol. The molecular formula is C34H36N2O7S. The maximum absolute atomic E-state index is 13.8. The Morgan fingerprint density at radius 1 is 0.909 bits per heavy atom. The van der Waals surface area contributed by atoms with E-state index in [1.54, 1.807) is 42.5 Å². The van der Waals surface area contributed by atoms with Gasteiger partial charge < -0.3 is 24.1 Å². The van der Waals surface area contributed by atoms with Crippen LogP contribution in [0.15, 0.2) is 66.2 Å². The van der Waals surface area contributed by atoms with Crippen LogP contribution in [0.25, 0.3) is 16.0 Å². The summed E-state index contributed by atoms with van der Waals surface area (Å²) in [5.74, 6) is 0.316. The Labute approximate surface area is 260 Å². The number of benzene rings is 3. The molecular weight excluding hydrogens is 580 g/mol. The molecule has 10 heteroatoms. The van der Waals surface area contributed by atoms with Crippen molar-refractivity contribution in [3.63, 3.8) is 0 Å². The van der Waals surface area contributed by atoms with Crippen molar-refractivity contribution in [2.75, 3.05) is 31.8 Å². The van der Waals surface area contributed by atoms with Gasteiger partial charge >= 0.3 is 5.91 Å². The number of thiazole rings is 1. The van der Waals surface area contributed by atoms with Crippen LogP contribution in [0.3, 0.4) is 0 Å². The summed E-state index contributed by atoms with van der Waals surface area (Å²) in [6.07, 6.45) is 2.68. The molecule has 5 rings (SSSR count). The van der Waals surface area contributed by atoms with Crippen LogP contribution >= 0.6 is 11.3 Å². The molecule has 1 aliphatic heterocycles. The molecule has 1 fully saturated rings. The highest BCUT2D eigenvalue weighted by atomic mass is 32.1. The number of carbonyl (C=O) groups excluding carboxylic acids is 2. The van der Waals surface area contributed by atoms with Gasteiger partial charge in [-0.1, -0.05) is 49.8 Å². The van der Waals surface area contributed by atoms with E-state index in [4.69, 9.17) is 23.9 Å². The predicted molar refractivity (Wildman–Crippen MR) is 171 cm³/mol. The van der Waals surface area contributed by atoms with Crippen LogP contribution in [0.2, 0.25) is 0 Å². The van der Waals surface area contributed by atoms with Gasteiger partial charge in [0.25, 0.3) is 5.78 Å². The van der Waals surface area contributed by atoms with E-state index in [1.165, 1.54) is 23.3 Å². The van der Waals surface area contributed by atoms with Crippen molar-refractivity contribution in [2.45, 2.75) is 46.1 Å². The quantitative estimate of drug-likeness (QED) is 0.0722. The van der Waals surface area contributed by atoms with Gasteiger partial charge in [-0.15, -0.1) is 0 Å². The second-order valence-electron chi connectivity index (χ2n) is 10.2. The standard InChI is InChI=1S/C34H36N2O7S/c1-5-8-17-43-26-15-12-21(19-27(26)40-4)30-29(31(37)22-10-9-11-23(18-22)42-16-6-2)32(38)33(39)36(30)34-35-25-14-13-24(41-7-3)20-28(25)44-34/h9-15,18-20,30,37H,5-8,16-17H2,1-4H3/b31-29+. The lowest BCUT2D eigenvalue weighted by Gasteiger charge is -2.24. The summed E-state index contributed by atoms with van der Waals surface area (Å²) in [4.78, 5) is 33.6. The summed E-state index contributed by atoms with van der Waals surface area (Å²) >= 11 is 1.27. The second-order valence-corrected chi connectivity index (χ2v) is 11.2. The highest BCUT2D eigenvalue weighted by molar-refractivity contribution is 7.22. The molecule has 230 valence electrons. The van der Waals surface area contributed by atoms with E-state index in [1.807, 2.05) is 32.0 Å². The van der Waals surface area contributed by atoms with Crippen molar-refractivity contribution in [1.29, 1.82) is 0 Å². The monoisotopic (exact) mass is 616 g/mol. The zero-order chi connectivity index (χ0) is 31.2. The normalized spacial score (nSPS) is 16.0. The highest BCUT2D eigenvalue weighted by Gasteiger charge is 2.48. The topological polar surface area (TPSA) is 107 Å². The molecule has 9 nitrogen and oxygen atoms in total. The molecule has 1 amide bonds. The Hall–Kier alpha value is -4.57. The van der Waals surface area contributed by atoms with Crippen molar-refractivity contribution in [3.05, 3.63) is 77.4 Å². The summed E-state index contributed by atoms with van der Waals surface area (Å²) in [7, 11) is 1.54. The number of methoxy groups -OCH3 is 1. The van der Waals surface area contributed by atoms with Gasteiger partial charge in [0, 0.05) is 5.56 Å². The molecule has 0 radical (unpaired) electrons. The fourth-order valence-corrected chi connectivity index (χ4v) is 6.03. The van der Waals surface area contributed by atoms with Crippen LogP contribution in [0.4, 0.5) is 5.13 Å². The number of amides is 1. The van der Waals surface area contributed by atoms with E-state index in [0.29, 0.717) is 64.6 Å². The number of unbranched alkanes of at least 4 members (excludes halogenated alkanes) is 1. The van der Waals surface area contributed by atoms with Crippen molar-refractivity contribution in [1.82, 2.24) is 4.98 Å². The van der Waals surface area contributed by atoms with E-state index in [0.717, 1.165) is 24.0 Å². The third-order valence-electron chi connectivity index (χ3n) is 7.15. The SMILES string of the molecule is CCCCOc1ccc(C2/C(=C(\O)c3cccc(OCCC)c3)C(=O)C(=O)N2c2nc3ccc(OCC)cc3s2)cc1OC. The maximum atomic E-state index is 13.8. The fourth-order valence-electron chi connectivity index (χ4n) is 5.01. The minimum absolute atomic E-state index is 0.0568. The Morgan fingerprint density at radius 2 is 1.73 bits per heavy atom. The molecule has 0 bridgehead atoms. The van der Waals surface area contributed by atoms with Crippen LogP contribution < -0.4 is 23.8 Å². The number of carbonyl (C=O) groups is 2. The lowest BCUT2D eigenvalue weighted by atomic mass is 9.95. The average Bonchev–Trinajstić information content (AvgIpc) is 3.57. The molecule has 0 spiro atoms. The van der Waals surface area contributed by atoms with Crippen LogP contribution in [0, 0.1) is 0 Å². The van der Waals surface area contributed by atoms with Crippen LogP contribution in [-0.4, -0.2) is 48.7 Å². The number of Topliss-reactive ketones (excluding diaryl/α,β-unsaturated/α-hetero) is 1. The number of anilines is 1. The van der Waals surface area contributed by atoms with Crippen molar-refractivity contribution >= 4 is 44.1 Å². The Bertz CT molecular complexity index is 1700. The zero-order valence-corrected chi connectivity index (χ0v) is 26.1. The Kier molecular flexibility index (Phi) is 9.69. The predicted octanol–water partition coefficient (Wildman–Crippen LogP) is 7.30. The highest BCUT2D eigenvalue weighted by Crippen LogP contribution is 2.46. The smallest absolute Gasteiger partial charge is 0.301 e. The number of fused-ring (bicyclic) bond motifs is 1. The zero-order valence-electron chi connectivity index (χ0n) is 25.3. The van der Waals surface area contributed by atoms with Crippen molar-refractivity contribution in [3.8, 4) is 23.0 Å². The largest absolute Gasteiger partial charge is 0.507 e. The number of aliphatic hydroxyl groups excluding tert-OH is 1. The minimum Gasteiger partial charge on any atom is -0.507 e. The number of nitrogens with zero attached hydrogens (tertiary/aromatic N) is 2. The first-order valence-corrected chi connectivity index (χ1v) is 15.6. The molecule has 1 N–H and O–H groups in total. The number of aliphatic hydroxyl groups is 1. The number of rotatable bonds is 13. The van der Waals surface area contributed by atoms with Gasteiger partial charge in [0.05, 0.1) is 48.8 Å². The number of aromatic nitrogens is 1. The lowest BCUT2D eigenvalue weighted by molar-refractivity contribution is -0.132. The van der Waals surface area contributed by atoms with Gasteiger partial charge in [-0.3, -0.25) is 14.5 Å². The Morgan fingerprint density at radius 3 is 2.48 bits per heavy atom. The number of ketones is 1. The molecule has 3 aromatic carbocycles.